The Kier molecular flexibility index (Phi) is 8.24. The summed E-state index contributed by atoms with van der Waals surface area (Å²) in [6.07, 6.45) is 0.968. The van der Waals surface area contributed by atoms with Crippen molar-refractivity contribution in [3.05, 3.63) is 64.7 Å². The van der Waals surface area contributed by atoms with E-state index in [1.54, 1.807) is 30.3 Å². The van der Waals surface area contributed by atoms with Gasteiger partial charge in [-0.1, -0.05) is 36.4 Å². The highest BCUT2D eigenvalue weighted by Crippen LogP contribution is 2.31. The molecule has 2 aromatic rings. The number of ketones is 2. The van der Waals surface area contributed by atoms with Crippen molar-refractivity contribution < 1.29 is 26.4 Å². The van der Waals surface area contributed by atoms with Gasteiger partial charge in [0.25, 0.3) is 0 Å². The summed E-state index contributed by atoms with van der Waals surface area (Å²) in [6.45, 7) is 1.73. The van der Waals surface area contributed by atoms with E-state index in [1.165, 1.54) is 0 Å². The lowest BCUT2D eigenvalue weighted by atomic mass is 9.83. The van der Waals surface area contributed by atoms with E-state index in [4.69, 9.17) is 0 Å². The first kappa shape index (κ1) is 23.7. The second kappa shape index (κ2) is 10.4. The smallest absolute Gasteiger partial charge is 0.384 e. The summed E-state index contributed by atoms with van der Waals surface area (Å²) in [4.78, 5) is 27.6. The number of carbonyl (C=O) groups is 2. The first-order chi connectivity index (χ1) is 14.2. The van der Waals surface area contributed by atoms with E-state index in [-0.39, 0.29) is 11.6 Å². The number of fused-ring (bicyclic) bond motifs is 2. The maximum Gasteiger partial charge on any atom is 0.399 e. The van der Waals surface area contributed by atoms with E-state index in [9.17, 15) is 18.0 Å². The fourth-order valence-electron chi connectivity index (χ4n) is 2.98. The van der Waals surface area contributed by atoms with Crippen LogP contribution in [0.3, 0.4) is 0 Å². The molecule has 0 saturated carbocycles. The molecule has 0 amide bonds. The fourth-order valence-corrected chi connectivity index (χ4v) is 3.11. The van der Waals surface area contributed by atoms with Gasteiger partial charge < -0.3 is 10.2 Å². The molecule has 0 fully saturated rings. The van der Waals surface area contributed by atoms with E-state index in [2.05, 4.69) is 18.6 Å². The van der Waals surface area contributed by atoms with Crippen LogP contribution in [0.4, 0.5) is 5.69 Å². The molecule has 162 valence electrons. The van der Waals surface area contributed by atoms with Gasteiger partial charge in [-0.05, 0) is 33.1 Å². The number of anilines is 1. The topological polar surface area (TPSA) is 102 Å². The number of hydrogen-bond acceptors (Lipinski definition) is 8. The quantitative estimate of drug-likeness (QED) is 0.566. The molecule has 3 rings (SSSR count). The van der Waals surface area contributed by atoms with E-state index < -0.39 is 10.4 Å². The number of nitrogens with zero attached hydrogens (tertiary/aromatic N) is 1. The molecule has 0 bridgehead atoms. The van der Waals surface area contributed by atoms with Crippen LogP contribution in [0.25, 0.3) is 0 Å². The summed E-state index contributed by atoms with van der Waals surface area (Å²) in [7, 11) is 2.46. The second-order valence-corrected chi connectivity index (χ2v) is 8.24. The molecular weight excluding hydrogens is 408 g/mol. The van der Waals surface area contributed by atoms with E-state index in [0.717, 1.165) is 39.4 Å². The molecule has 2 aromatic carbocycles. The van der Waals surface area contributed by atoms with Crippen LogP contribution in [0.15, 0.2) is 42.5 Å². The zero-order valence-electron chi connectivity index (χ0n) is 17.5. The lowest BCUT2D eigenvalue weighted by molar-refractivity contribution is 0.0979. The number of carbonyl (C=O) groups excluding carboxylic acids is 2. The second-order valence-electron chi connectivity index (χ2n) is 6.76. The molecule has 0 aromatic heterocycles. The van der Waals surface area contributed by atoms with E-state index in [0.29, 0.717) is 22.3 Å². The molecule has 1 N–H and O–H groups in total. The Balaban J connectivity index is 0.000000396. The van der Waals surface area contributed by atoms with Gasteiger partial charge in [0.2, 0.25) is 0 Å². The fraction of sp³-hybridized carbons (Fsp3) is 0.333. The molecule has 0 atom stereocenters. The first-order valence-corrected chi connectivity index (χ1v) is 10.6. The van der Waals surface area contributed by atoms with Crippen molar-refractivity contribution in [3.63, 3.8) is 0 Å². The van der Waals surface area contributed by atoms with Gasteiger partial charge in [0, 0.05) is 28.9 Å². The van der Waals surface area contributed by atoms with Gasteiger partial charge in [0.15, 0.2) is 11.6 Å². The molecule has 8 nitrogen and oxygen atoms in total. The molecule has 1 aliphatic rings. The van der Waals surface area contributed by atoms with Crippen molar-refractivity contribution in [1.82, 2.24) is 4.90 Å². The molecule has 0 radical (unpaired) electrons. The largest absolute Gasteiger partial charge is 0.399 e. The Morgan fingerprint density at radius 3 is 1.97 bits per heavy atom. The van der Waals surface area contributed by atoms with Gasteiger partial charge in [-0.2, -0.15) is 8.42 Å². The molecule has 0 unspecified atom stereocenters. The Morgan fingerprint density at radius 1 is 0.867 bits per heavy atom. The minimum atomic E-state index is -3.66. The predicted molar refractivity (Wildman–Crippen MR) is 114 cm³/mol. The molecule has 0 heterocycles. The Labute approximate surface area is 177 Å². The normalized spacial score (nSPS) is 12.7. The zero-order chi connectivity index (χ0) is 22.3. The molecule has 0 saturated heterocycles. The summed E-state index contributed by atoms with van der Waals surface area (Å²) in [5.41, 5.74) is 2.73. The lowest BCUT2D eigenvalue weighted by Gasteiger charge is -2.21. The predicted octanol–water partition coefficient (Wildman–Crippen LogP) is 2.35. The minimum absolute atomic E-state index is 0.0767. The molecule has 0 aliphatic heterocycles. The summed E-state index contributed by atoms with van der Waals surface area (Å²) >= 11 is 0. The van der Waals surface area contributed by atoms with E-state index >= 15 is 0 Å². The van der Waals surface area contributed by atoms with Gasteiger partial charge in [-0.25, -0.2) is 0 Å². The standard InChI is InChI=1S/C19H20N2O2.C2H6O4S/c1-21(2)12-6-11-20-16-10-5-9-15-17(16)19(23)14-8-4-3-7-13(14)18(15)22;1-5-7(3,4)6-2/h3-5,7-10,20H,6,11-12H2,1-2H3;1-2H3. The Hall–Kier alpha value is -2.59. The lowest BCUT2D eigenvalue weighted by Crippen LogP contribution is -2.23. The molecule has 30 heavy (non-hydrogen) atoms. The van der Waals surface area contributed by atoms with Crippen molar-refractivity contribution in [2.75, 3.05) is 46.7 Å². The van der Waals surface area contributed by atoms with Crippen LogP contribution in [0.2, 0.25) is 0 Å². The Morgan fingerprint density at radius 2 is 1.43 bits per heavy atom. The maximum atomic E-state index is 12.8. The Bertz CT molecular complexity index is 1010. The van der Waals surface area contributed by atoms with Gasteiger partial charge in [0.1, 0.15) is 0 Å². The van der Waals surface area contributed by atoms with Gasteiger partial charge >= 0.3 is 10.4 Å². The van der Waals surface area contributed by atoms with Crippen molar-refractivity contribution in [2.45, 2.75) is 6.42 Å². The first-order valence-electron chi connectivity index (χ1n) is 9.28. The SMILES string of the molecule is CN(C)CCCNc1cccc2c1C(=O)c1ccccc1C2=O.COS(=O)(=O)OC. The number of nitrogens with one attached hydrogen (secondary N) is 1. The summed E-state index contributed by atoms with van der Waals surface area (Å²) in [6, 6.07) is 12.5. The molecular formula is C21H26N2O6S. The van der Waals surface area contributed by atoms with Crippen molar-refractivity contribution in [3.8, 4) is 0 Å². The number of hydrogen-bond donors (Lipinski definition) is 1. The van der Waals surface area contributed by atoms with Gasteiger partial charge in [-0.15, -0.1) is 0 Å². The third-order valence-electron chi connectivity index (χ3n) is 4.46. The molecule has 9 heteroatoms. The van der Waals surface area contributed by atoms with Crippen LogP contribution < -0.4 is 5.32 Å². The monoisotopic (exact) mass is 434 g/mol. The highest BCUT2D eigenvalue weighted by Gasteiger charge is 2.31. The van der Waals surface area contributed by atoms with Crippen LogP contribution >= 0.6 is 0 Å². The average Bonchev–Trinajstić information content (AvgIpc) is 2.75. The van der Waals surface area contributed by atoms with Crippen molar-refractivity contribution in [2.24, 2.45) is 0 Å². The number of benzene rings is 2. The third-order valence-corrected chi connectivity index (χ3v) is 5.27. The average molecular weight is 435 g/mol. The summed E-state index contributed by atoms with van der Waals surface area (Å²) in [5, 5.41) is 3.31. The highest BCUT2D eigenvalue weighted by atomic mass is 32.3. The van der Waals surface area contributed by atoms with Gasteiger partial charge in [0.05, 0.1) is 19.8 Å². The maximum absolute atomic E-state index is 12.8. The van der Waals surface area contributed by atoms with Crippen LogP contribution in [-0.2, 0) is 18.8 Å². The molecule has 1 aliphatic carbocycles. The van der Waals surface area contributed by atoms with Crippen LogP contribution in [0.1, 0.15) is 38.3 Å². The summed E-state index contributed by atoms with van der Waals surface area (Å²) < 4.78 is 27.5. The highest BCUT2D eigenvalue weighted by molar-refractivity contribution is 7.81. The van der Waals surface area contributed by atoms with Crippen molar-refractivity contribution >= 4 is 27.7 Å². The van der Waals surface area contributed by atoms with Gasteiger partial charge in [-0.3, -0.25) is 18.0 Å². The van der Waals surface area contributed by atoms with Crippen LogP contribution in [0.5, 0.6) is 0 Å². The minimum Gasteiger partial charge on any atom is -0.384 e. The van der Waals surface area contributed by atoms with Crippen LogP contribution in [0, 0.1) is 0 Å². The third kappa shape index (κ3) is 5.73. The number of rotatable bonds is 7. The van der Waals surface area contributed by atoms with Crippen molar-refractivity contribution in [1.29, 1.82) is 0 Å². The zero-order valence-corrected chi connectivity index (χ0v) is 18.3. The molecule has 0 spiro atoms. The summed E-state index contributed by atoms with van der Waals surface area (Å²) in [5.74, 6) is -0.155. The van der Waals surface area contributed by atoms with Crippen LogP contribution in [-0.4, -0.2) is 66.3 Å². The van der Waals surface area contributed by atoms with E-state index in [1.807, 2.05) is 26.2 Å².